The number of nitrogens with zero attached hydrogens (tertiary/aromatic N) is 3. The molecule has 1 aliphatic heterocycles. The number of aliphatic imine (C=N–C) groups is 1. The first-order valence-corrected chi connectivity index (χ1v) is 9.17. The van der Waals surface area contributed by atoms with Gasteiger partial charge in [0.05, 0.1) is 16.8 Å². The molecule has 0 amide bonds. The van der Waals surface area contributed by atoms with Gasteiger partial charge in [-0.2, -0.15) is 0 Å². The van der Waals surface area contributed by atoms with Gasteiger partial charge < -0.3 is 9.88 Å². The Hall–Kier alpha value is -3.21. The summed E-state index contributed by atoms with van der Waals surface area (Å²) < 4.78 is 0. The summed E-state index contributed by atoms with van der Waals surface area (Å²) in [5.41, 5.74) is 4.75. The van der Waals surface area contributed by atoms with Crippen molar-refractivity contribution < 1.29 is 0 Å². The smallest absolute Gasteiger partial charge is 0.140 e. The van der Waals surface area contributed by atoms with Crippen LogP contribution in [0.2, 0.25) is 0 Å². The molecule has 0 bridgehead atoms. The molecule has 1 aromatic carbocycles. The third-order valence-corrected chi connectivity index (χ3v) is 5.35. The first kappa shape index (κ1) is 17.2. The molecule has 2 N–H and O–H groups in total. The van der Waals surface area contributed by atoms with E-state index < -0.39 is 0 Å². The molecule has 27 heavy (non-hydrogen) atoms. The van der Waals surface area contributed by atoms with Crippen molar-refractivity contribution in [2.45, 2.75) is 13.8 Å². The number of pyridine rings is 1. The lowest BCUT2D eigenvalue weighted by atomic mass is 9.95. The number of nitrogens with one attached hydrogen (secondary N) is 2. The Morgan fingerprint density at radius 3 is 2.67 bits per heavy atom. The minimum atomic E-state index is 0.105. The maximum Gasteiger partial charge on any atom is 0.140 e. The summed E-state index contributed by atoms with van der Waals surface area (Å²) in [7, 11) is 2.05. The van der Waals surface area contributed by atoms with Crippen molar-refractivity contribution in [3.63, 3.8) is 0 Å². The molecular weight excluding hydrogens is 334 g/mol. The number of amidine groups is 1. The van der Waals surface area contributed by atoms with Crippen LogP contribution < -0.4 is 4.90 Å². The number of hydrogen-bond donors (Lipinski definition) is 2. The molecule has 5 heteroatoms. The standard InChI is InChI=1S/C22H23N5/c1-14-9-10-18(26-21(23)15(14)2)17-13-25-22-20(17)19(11-12-24-22)27(3)16-7-5-4-6-8-16/h4-15,23H,1-3H3,(H,24,25). The first-order valence-electron chi connectivity index (χ1n) is 9.17. The van der Waals surface area contributed by atoms with E-state index in [4.69, 9.17) is 5.41 Å². The summed E-state index contributed by atoms with van der Waals surface area (Å²) in [6.07, 6.45) is 7.93. The molecule has 136 valence electrons. The predicted octanol–water partition coefficient (Wildman–Crippen LogP) is 4.94. The largest absolute Gasteiger partial charge is 0.345 e. The number of allylic oxidation sites excluding steroid dienone is 2. The highest BCUT2D eigenvalue weighted by Crippen LogP contribution is 2.33. The highest BCUT2D eigenvalue weighted by atomic mass is 15.1. The lowest BCUT2D eigenvalue weighted by Crippen LogP contribution is -2.14. The number of anilines is 2. The Bertz CT molecular complexity index is 1050. The molecule has 2 atom stereocenters. The molecule has 0 spiro atoms. The van der Waals surface area contributed by atoms with Crippen LogP contribution in [0.15, 0.2) is 65.9 Å². The second-order valence-electron chi connectivity index (χ2n) is 7.04. The van der Waals surface area contributed by atoms with Crippen LogP contribution >= 0.6 is 0 Å². The summed E-state index contributed by atoms with van der Waals surface area (Å²) in [4.78, 5) is 14.5. The van der Waals surface area contributed by atoms with Crippen LogP contribution in [0.5, 0.6) is 0 Å². The number of hydrogen-bond acceptors (Lipinski definition) is 3. The molecule has 0 saturated carbocycles. The van der Waals surface area contributed by atoms with Crippen molar-refractivity contribution in [3.05, 3.63) is 66.5 Å². The minimum absolute atomic E-state index is 0.105. The average Bonchev–Trinajstić information content (AvgIpc) is 3.09. The van der Waals surface area contributed by atoms with Crippen molar-refractivity contribution >= 4 is 34.0 Å². The van der Waals surface area contributed by atoms with Crippen molar-refractivity contribution in [2.24, 2.45) is 16.8 Å². The number of fused-ring (bicyclic) bond motifs is 1. The fourth-order valence-corrected chi connectivity index (χ4v) is 3.39. The normalized spacial score (nSPS) is 19.8. The molecule has 2 unspecified atom stereocenters. The van der Waals surface area contributed by atoms with Gasteiger partial charge in [0.25, 0.3) is 0 Å². The molecule has 0 fully saturated rings. The number of rotatable bonds is 3. The monoisotopic (exact) mass is 357 g/mol. The van der Waals surface area contributed by atoms with E-state index in [2.05, 4.69) is 59.0 Å². The molecule has 3 heterocycles. The summed E-state index contributed by atoms with van der Waals surface area (Å²) in [6, 6.07) is 12.3. The van der Waals surface area contributed by atoms with E-state index in [9.17, 15) is 0 Å². The summed E-state index contributed by atoms with van der Waals surface area (Å²) in [5.74, 6) is 0.806. The number of H-pyrrole nitrogens is 1. The van der Waals surface area contributed by atoms with E-state index in [0.717, 1.165) is 33.7 Å². The van der Waals surface area contributed by atoms with Crippen LogP contribution in [0.25, 0.3) is 11.0 Å². The summed E-state index contributed by atoms with van der Waals surface area (Å²) in [6.45, 7) is 4.18. The van der Waals surface area contributed by atoms with Gasteiger partial charge in [-0.15, -0.1) is 0 Å². The third kappa shape index (κ3) is 3.05. The summed E-state index contributed by atoms with van der Waals surface area (Å²) in [5, 5.41) is 9.33. The van der Waals surface area contributed by atoms with Crippen molar-refractivity contribution in [1.29, 1.82) is 5.41 Å². The van der Waals surface area contributed by atoms with Gasteiger partial charge in [0.15, 0.2) is 0 Å². The van der Waals surface area contributed by atoms with Crippen LogP contribution in [0.1, 0.15) is 19.4 Å². The average molecular weight is 357 g/mol. The van der Waals surface area contributed by atoms with Crippen LogP contribution in [0, 0.1) is 17.2 Å². The van der Waals surface area contributed by atoms with Crippen molar-refractivity contribution in [2.75, 3.05) is 11.9 Å². The zero-order valence-electron chi connectivity index (χ0n) is 15.8. The van der Waals surface area contributed by atoms with Gasteiger partial charge in [0.2, 0.25) is 0 Å². The van der Waals surface area contributed by atoms with E-state index in [0.29, 0.717) is 5.84 Å². The fraction of sp³-hybridized carbons (Fsp3) is 0.227. The zero-order valence-corrected chi connectivity index (χ0v) is 15.8. The SMILES string of the molecule is CC1C=CC(c2c[nH]c3nccc(N(C)c4ccccc4)c23)=NC(=N)C1C. The van der Waals surface area contributed by atoms with E-state index in [1.807, 2.05) is 42.7 Å². The van der Waals surface area contributed by atoms with Crippen molar-refractivity contribution in [1.82, 2.24) is 9.97 Å². The van der Waals surface area contributed by atoms with Crippen LogP contribution in [0.4, 0.5) is 11.4 Å². The van der Waals surface area contributed by atoms with E-state index >= 15 is 0 Å². The van der Waals surface area contributed by atoms with Gasteiger partial charge >= 0.3 is 0 Å². The lowest BCUT2D eigenvalue weighted by Gasteiger charge is -2.21. The zero-order chi connectivity index (χ0) is 19.0. The van der Waals surface area contributed by atoms with Crippen LogP contribution in [-0.2, 0) is 0 Å². The molecule has 0 aliphatic carbocycles. The Labute approximate surface area is 159 Å². The second kappa shape index (κ2) is 6.83. The topological polar surface area (TPSA) is 68.1 Å². The third-order valence-electron chi connectivity index (χ3n) is 5.35. The van der Waals surface area contributed by atoms with Gasteiger partial charge in [-0.1, -0.05) is 38.1 Å². The molecule has 3 aromatic rings. The van der Waals surface area contributed by atoms with Gasteiger partial charge in [-0.3, -0.25) is 5.41 Å². The Kier molecular flexibility index (Phi) is 4.36. The molecule has 4 rings (SSSR count). The lowest BCUT2D eigenvalue weighted by molar-refractivity contribution is 0.586. The number of benzene rings is 1. The van der Waals surface area contributed by atoms with E-state index in [1.165, 1.54) is 0 Å². The molecule has 0 saturated heterocycles. The van der Waals surface area contributed by atoms with Crippen LogP contribution in [0.3, 0.4) is 0 Å². The first-order chi connectivity index (χ1) is 13.1. The van der Waals surface area contributed by atoms with Gasteiger partial charge in [-0.25, -0.2) is 9.98 Å². The van der Waals surface area contributed by atoms with E-state index in [-0.39, 0.29) is 11.8 Å². The quantitative estimate of drug-likeness (QED) is 0.697. The highest BCUT2D eigenvalue weighted by Gasteiger charge is 2.21. The summed E-state index contributed by atoms with van der Waals surface area (Å²) >= 11 is 0. The van der Waals surface area contributed by atoms with Crippen molar-refractivity contribution in [3.8, 4) is 0 Å². The minimum Gasteiger partial charge on any atom is -0.345 e. The molecule has 1 aliphatic rings. The Balaban J connectivity index is 1.88. The maximum absolute atomic E-state index is 8.31. The number of aromatic nitrogens is 2. The number of aromatic amines is 1. The molecule has 2 aromatic heterocycles. The Morgan fingerprint density at radius 1 is 1.11 bits per heavy atom. The maximum atomic E-state index is 8.31. The van der Waals surface area contributed by atoms with E-state index in [1.54, 1.807) is 0 Å². The van der Waals surface area contributed by atoms with Gasteiger partial charge in [0.1, 0.15) is 11.5 Å². The fourth-order valence-electron chi connectivity index (χ4n) is 3.39. The van der Waals surface area contributed by atoms with Crippen LogP contribution in [-0.4, -0.2) is 28.6 Å². The molecule has 0 radical (unpaired) electrons. The Morgan fingerprint density at radius 2 is 1.89 bits per heavy atom. The molecular formula is C22H23N5. The number of para-hydroxylation sites is 1. The van der Waals surface area contributed by atoms with Gasteiger partial charge in [-0.05, 0) is 30.2 Å². The predicted molar refractivity (Wildman–Crippen MR) is 112 cm³/mol. The second-order valence-corrected chi connectivity index (χ2v) is 7.04. The molecule has 5 nitrogen and oxygen atoms in total. The highest BCUT2D eigenvalue weighted by molar-refractivity contribution is 6.21. The van der Waals surface area contributed by atoms with Gasteiger partial charge in [0, 0.05) is 36.6 Å².